The topological polar surface area (TPSA) is 50.2 Å². The molecule has 0 saturated carbocycles. The predicted octanol–water partition coefficient (Wildman–Crippen LogP) is 4.01. The van der Waals surface area contributed by atoms with E-state index in [2.05, 4.69) is 27.0 Å². The van der Waals surface area contributed by atoms with Gasteiger partial charge in [-0.3, -0.25) is 4.98 Å². The van der Waals surface area contributed by atoms with Gasteiger partial charge in [0.15, 0.2) is 0 Å². The molecule has 1 aliphatic rings. The first kappa shape index (κ1) is 13.3. The Balaban J connectivity index is 2.13. The predicted molar refractivity (Wildman–Crippen MR) is 80.1 cm³/mol. The van der Waals surface area contributed by atoms with Gasteiger partial charge in [-0.15, -0.1) is 0 Å². The van der Waals surface area contributed by atoms with Crippen molar-refractivity contribution in [3.05, 3.63) is 63.4 Å². The number of aromatic carboxylic acids is 1. The van der Waals surface area contributed by atoms with Gasteiger partial charge in [0, 0.05) is 16.6 Å². The fourth-order valence-electron chi connectivity index (χ4n) is 2.93. The third-order valence-corrected chi connectivity index (χ3v) is 4.31. The zero-order valence-corrected chi connectivity index (χ0v) is 12.4. The minimum Gasteiger partial charge on any atom is -0.478 e. The number of hydrogen-bond acceptors (Lipinski definition) is 2. The number of benzene rings is 1. The molecule has 1 aliphatic carbocycles. The van der Waals surface area contributed by atoms with E-state index >= 15 is 0 Å². The molecule has 0 spiro atoms. The van der Waals surface area contributed by atoms with Crippen LogP contribution in [0.4, 0.5) is 0 Å². The van der Waals surface area contributed by atoms with Crippen LogP contribution in [0.1, 0.15) is 45.9 Å². The quantitative estimate of drug-likeness (QED) is 0.904. The summed E-state index contributed by atoms with van der Waals surface area (Å²) in [6, 6.07) is 9.52. The van der Waals surface area contributed by atoms with Crippen molar-refractivity contribution in [2.45, 2.75) is 25.2 Å². The van der Waals surface area contributed by atoms with Crippen molar-refractivity contribution in [1.29, 1.82) is 0 Å². The molecule has 0 bridgehead atoms. The highest BCUT2D eigenvalue weighted by molar-refractivity contribution is 9.10. The van der Waals surface area contributed by atoms with Crippen LogP contribution < -0.4 is 0 Å². The maximum atomic E-state index is 11.5. The molecule has 20 heavy (non-hydrogen) atoms. The molecule has 0 saturated heterocycles. The molecule has 3 rings (SSSR count). The highest BCUT2D eigenvalue weighted by atomic mass is 79.9. The Kier molecular flexibility index (Phi) is 3.57. The van der Waals surface area contributed by atoms with Crippen LogP contribution in [-0.2, 0) is 6.42 Å². The summed E-state index contributed by atoms with van der Waals surface area (Å²) in [5.74, 6) is -0.802. The molecule has 2 aromatic rings. The molecule has 0 radical (unpaired) electrons. The number of carboxylic acids is 1. The van der Waals surface area contributed by atoms with Crippen LogP contribution in [-0.4, -0.2) is 16.1 Å². The SMILES string of the molecule is O=C(O)c1cc(Br)ccc1C1CCCc2cccnc21. The maximum absolute atomic E-state index is 11.5. The van der Waals surface area contributed by atoms with Gasteiger partial charge in [0.1, 0.15) is 0 Å². The largest absolute Gasteiger partial charge is 0.478 e. The van der Waals surface area contributed by atoms with E-state index in [1.807, 2.05) is 18.2 Å². The smallest absolute Gasteiger partial charge is 0.336 e. The van der Waals surface area contributed by atoms with Gasteiger partial charge in [0.05, 0.1) is 11.3 Å². The Hall–Kier alpha value is -1.68. The van der Waals surface area contributed by atoms with E-state index in [1.54, 1.807) is 12.3 Å². The molecular weight excluding hydrogens is 318 g/mol. The molecule has 1 heterocycles. The number of aromatic nitrogens is 1. The molecular formula is C16H14BrNO2. The van der Waals surface area contributed by atoms with E-state index < -0.39 is 5.97 Å². The monoisotopic (exact) mass is 331 g/mol. The van der Waals surface area contributed by atoms with Crippen LogP contribution in [0.2, 0.25) is 0 Å². The second kappa shape index (κ2) is 5.37. The molecule has 4 heteroatoms. The van der Waals surface area contributed by atoms with Gasteiger partial charge in [-0.05, 0) is 48.6 Å². The summed E-state index contributed by atoms with van der Waals surface area (Å²) in [7, 11) is 0. The summed E-state index contributed by atoms with van der Waals surface area (Å²) in [4.78, 5) is 16.0. The minimum atomic E-state index is -0.885. The van der Waals surface area contributed by atoms with Gasteiger partial charge in [-0.2, -0.15) is 0 Å². The van der Waals surface area contributed by atoms with Gasteiger partial charge < -0.3 is 5.11 Å². The van der Waals surface area contributed by atoms with Crippen molar-refractivity contribution < 1.29 is 9.90 Å². The Morgan fingerprint density at radius 1 is 1.35 bits per heavy atom. The van der Waals surface area contributed by atoms with Crippen molar-refractivity contribution in [3.63, 3.8) is 0 Å². The average molecular weight is 332 g/mol. The number of hydrogen-bond donors (Lipinski definition) is 1. The first-order valence-electron chi connectivity index (χ1n) is 6.63. The molecule has 1 atom stereocenters. The zero-order valence-electron chi connectivity index (χ0n) is 10.8. The summed E-state index contributed by atoms with van der Waals surface area (Å²) in [5, 5.41) is 9.43. The van der Waals surface area contributed by atoms with Crippen molar-refractivity contribution >= 4 is 21.9 Å². The molecule has 102 valence electrons. The van der Waals surface area contributed by atoms with Gasteiger partial charge in [0.2, 0.25) is 0 Å². The van der Waals surface area contributed by atoms with E-state index in [0.29, 0.717) is 5.56 Å². The number of carbonyl (C=O) groups is 1. The molecule has 1 aromatic carbocycles. The second-order valence-corrected chi connectivity index (χ2v) is 5.94. The lowest BCUT2D eigenvalue weighted by molar-refractivity contribution is 0.0695. The Morgan fingerprint density at radius 3 is 3.00 bits per heavy atom. The van der Waals surface area contributed by atoms with Crippen molar-refractivity contribution in [3.8, 4) is 0 Å². The van der Waals surface area contributed by atoms with Crippen molar-refractivity contribution in [2.24, 2.45) is 0 Å². The fourth-order valence-corrected chi connectivity index (χ4v) is 3.29. The van der Waals surface area contributed by atoms with Crippen LogP contribution in [0.15, 0.2) is 41.0 Å². The number of pyridine rings is 1. The highest BCUT2D eigenvalue weighted by Crippen LogP contribution is 2.37. The van der Waals surface area contributed by atoms with Gasteiger partial charge in [0.25, 0.3) is 0 Å². The molecule has 0 fully saturated rings. The summed E-state index contributed by atoms with van der Waals surface area (Å²) < 4.78 is 0.788. The summed E-state index contributed by atoms with van der Waals surface area (Å²) in [6.45, 7) is 0. The first-order chi connectivity index (χ1) is 9.66. The average Bonchev–Trinajstić information content (AvgIpc) is 2.46. The van der Waals surface area contributed by atoms with E-state index in [4.69, 9.17) is 0 Å². The maximum Gasteiger partial charge on any atom is 0.336 e. The van der Waals surface area contributed by atoms with Crippen molar-refractivity contribution in [2.75, 3.05) is 0 Å². The van der Waals surface area contributed by atoms with Gasteiger partial charge in [-0.25, -0.2) is 4.79 Å². The number of rotatable bonds is 2. The summed E-state index contributed by atoms with van der Waals surface area (Å²) >= 11 is 3.34. The normalized spacial score (nSPS) is 17.6. The lowest BCUT2D eigenvalue weighted by atomic mass is 9.80. The van der Waals surface area contributed by atoms with Crippen LogP contribution >= 0.6 is 15.9 Å². The number of halogens is 1. The zero-order chi connectivity index (χ0) is 14.1. The number of fused-ring (bicyclic) bond motifs is 1. The summed E-state index contributed by atoms with van der Waals surface area (Å²) in [6.07, 6.45) is 4.83. The lowest BCUT2D eigenvalue weighted by Gasteiger charge is -2.25. The second-order valence-electron chi connectivity index (χ2n) is 5.03. The van der Waals surface area contributed by atoms with E-state index in [-0.39, 0.29) is 5.92 Å². The third-order valence-electron chi connectivity index (χ3n) is 3.82. The lowest BCUT2D eigenvalue weighted by Crippen LogP contribution is -2.16. The molecule has 1 N–H and O–H groups in total. The van der Waals surface area contributed by atoms with E-state index in [9.17, 15) is 9.90 Å². The fraction of sp³-hybridized carbons (Fsp3) is 0.250. The van der Waals surface area contributed by atoms with Crippen LogP contribution in [0.3, 0.4) is 0 Å². The van der Waals surface area contributed by atoms with Crippen LogP contribution in [0.25, 0.3) is 0 Å². The Bertz CT molecular complexity index is 669. The Labute approximate surface area is 125 Å². The molecule has 1 unspecified atom stereocenters. The standard InChI is InChI=1S/C16H14BrNO2/c17-11-6-7-12(14(9-11)16(19)20)13-5-1-3-10-4-2-8-18-15(10)13/h2,4,6-9,13H,1,3,5H2,(H,19,20). The molecule has 3 nitrogen and oxygen atoms in total. The third kappa shape index (κ3) is 2.36. The van der Waals surface area contributed by atoms with E-state index in [0.717, 1.165) is 35.0 Å². The van der Waals surface area contributed by atoms with Gasteiger partial charge >= 0.3 is 5.97 Å². The number of aryl methyl sites for hydroxylation is 1. The van der Waals surface area contributed by atoms with Gasteiger partial charge in [-0.1, -0.05) is 28.1 Å². The first-order valence-corrected chi connectivity index (χ1v) is 7.42. The molecule has 0 aliphatic heterocycles. The van der Waals surface area contributed by atoms with Crippen LogP contribution in [0, 0.1) is 0 Å². The highest BCUT2D eigenvalue weighted by Gasteiger charge is 2.26. The number of nitrogens with zero attached hydrogens (tertiary/aromatic N) is 1. The molecule has 0 amide bonds. The van der Waals surface area contributed by atoms with Crippen LogP contribution in [0.5, 0.6) is 0 Å². The Morgan fingerprint density at radius 2 is 2.20 bits per heavy atom. The summed E-state index contributed by atoms with van der Waals surface area (Å²) in [5.41, 5.74) is 3.50. The number of carboxylic acid groups (broad SMARTS) is 1. The van der Waals surface area contributed by atoms with E-state index in [1.165, 1.54) is 5.56 Å². The minimum absolute atomic E-state index is 0.0825. The molecule has 1 aromatic heterocycles. The van der Waals surface area contributed by atoms with Crippen molar-refractivity contribution in [1.82, 2.24) is 4.98 Å².